The summed E-state index contributed by atoms with van der Waals surface area (Å²) in [7, 11) is 1.05. The molecule has 0 radical (unpaired) electrons. The number of alkyl halides is 3. The molecule has 3 rings (SSSR count). The van der Waals surface area contributed by atoms with Crippen LogP contribution in [0.1, 0.15) is 0 Å². The summed E-state index contributed by atoms with van der Waals surface area (Å²) >= 11 is 5.82. The van der Waals surface area contributed by atoms with E-state index in [1.807, 2.05) is 0 Å². The molecule has 0 spiro atoms. The van der Waals surface area contributed by atoms with E-state index >= 15 is 0 Å². The highest BCUT2D eigenvalue weighted by Gasteiger charge is 2.41. The van der Waals surface area contributed by atoms with Gasteiger partial charge in [-0.1, -0.05) is 11.6 Å². The number of carbonyl (C=O) groups excluding carboxylic acids is 1. The molecule has 0 aliphatic heterocycles. The van der Waals surface area contributed by atoms with Crippen LogP contribution in [0.4, 0.5) is 18.9 Å². The van der Waals surface area contributed by atoms with Crippen LogP contribution in [0, 0.1) is 0 Å². The number of halogens is 4. The Morgan fingerprint density at radius 3 is 2.46 bits per heavy atom. The highest BCUT2D eigenvalue weighted by molar-refractivity contribution is 6.30. The number of rotatable bonds is 2. The molecular formula is C16H10ClF3N2O2. The summed E-state index contributed by atoms with van der Waals surface area (Å²) in [5, 5.41) is 0.560. The zero-order valence-corrected chi connectivity index (χ0v) is 13.0. The number of aromatic nitrogens is 1. The van der Waals surface area contributed by atoms with Crippen LogP contribution in [0.15, 0.2) is 46.9 Å². The van der Waals surface area contributed by atoms with E-state index in [1.54, 1.807) is 24.3 Å². The number of benzene rings is 2. The lowest BCUT2D eigenvalue weighted by Crippen LogP contribution is -2.38. The first-order valence-corrected chi connectivity index (χ1v) is 7.15. The van der Waals surface area contributed by atoms with Crippen molar-refractivity contribution in [3.05, 3.63) is 47.5 Å². The van der Waals surface area contributed by atoms with Crippen LogP contribution >= 0.6 is 11.6 Å². The lowest BCUT2D eigenvalue weighted by Gasteiger charge is -2.18. The quantitative estimate of drug-likeness (QED) is 0.671. The van der Waals surface area contributed by atoms with Gasteiger partial charge in [0.05, 0.1) is 0 Å². The van der Waals surface area contributed by atoms with E-state index in [0.29, 0.717) is 32.5 Å². The van der Waals surface area contributed by atoms with E-state index in [1.165, 1.54) is 18.2 Å². The van der Waals surface area contributed by atoms with Crippen molar-refractivity contribution in [2.75, 3.05) is 11.9 Å². The standard InChI is InChI=1S/C16H10ClF3N2O2/c1-22(15(23)16(18,19)20)11-6-7-13-12(8-11)21-14(24-13)9-2-4-10(17)5-3-9/h2-8H,1H3. The molecule has 1 aromatic heterocycles. The van der Waals surface area contributed by atoms with Crippen molar-refractivity contribution < 1.29 is 22.4 Å². The Hall–Kier alpha value is -2.54. The van der Waals surface area contributed by atoms with E-state index in [2.05, 4.69) is 4.98 Å². The normalized spacial score (nSPS) is 11.7. The Morgan fingerprint density at radius 1 is 1.17 bits per heavy atom. The summed E-state index contributed by atoms with van der Waals surface area (Å²) in [4.78, 5) is 16.1. The second-order valence-electron chi connectivity index (χ2n) is 5.04. The molecule has 124 valence electrons. The number of fused-ring (bicyclic) bond motifs is 1. The lowest BCUT2D eigenvalue weighted by molar-refractivity contribution is -0.170. The van der Waals surface area contributed by atoms with Crippen molar-refractivity contribution in [3.8, 4) is 11.5 Å². The molecule has 0 unspecified atom stereocenters. The Balaban J connectivity index is 1.97. The number of nitrogens with zero attached hydrogens (tertiary/aromatic N) is 2. The number of anilines is 1. The van der Waals surface area contributed by atoms with Gasteiger partial charge in [0.25, 0.3) is 0 Å². The second kappa shape index (κ2) is 5.83. The van der Waals surface area contributed by atoms with Crippen LogP contribution in [-0.2, 0) is 4.79 Å². The number of hydrogen-bond acceptors (Lipinski definition) is 3. The molecule has 0 saturated heterocycles. The number of oxazole rings is 1. The van der Waals surface area contributed by atoms with Gasteiger partial charge in [0.2, 0.25) is 5.89 Å². The maximum absolute atomic E-state index is 12.5. The maximum atomic E-state index is 12.5. The summed E-state index contributed by atoms with van der Waals surface area (Å²) in [5.41, 5.74) is 1.49. The predicted molar refractivity (Wildman–Crippen MR) is 83.9 cm³/mol. The Kier molecular flexibility index (Phi) is 3.96. The van der Waals surface area contributed by atoms with Gasteiger partial charge in [0.1, 0.15) is 5.52 Å². The Bertz CT molecular complexity index is 904. The molecule has 0 atom stereocenters. The highest BCUT2D eigenvalue weighted by atomic mass is 35.5. The topological polar surface area (TPSA) is 46.3 Å². The van der Waals surface area contributed by atoms with Gasteiger partial charge in [-0.3, -0.25) is 4.79 Å². The van der Waals surface area contributed by atoms with E-state index in [0.717, 1.165) is 7.05 Å². The first-order chi connectivity index (χ1) is 11.3. The third-order valence-electron chi connectivity index (χ3n) is 3.40. The van der Waals surface area contributed by atoms with Crippen LogP contribution in [0.25, 0.3) is 22.6 Å². The van der Waals surface area contributed by atoms with Gasteiger partial charge in [-0.15, -0.1) is 0 Å². The fraction of sp³-hybridized carbons (Fsp3) is 0.125. The van der Waals surface area contributed by atoms with Crippen molar-refractivity contribution >= 4 is 34.3 Å². The smallest absolute Gasteiger partial charge is 0.436 e. The van der Waals surface area contributed by atoms with E-state index in [4.69, 9.17) is 16.0 Å². The van der Waals surface area contributed by atoms with Crippen molar-refractivity contribution in [2.24, 2.45) is 0 Å². The van der Waals surface area contributed by atoms with Gasteiger partial charge in [-0.25, -0.2) is 4.98 Å². The maximum Gasteiger partial charge on any atom is 0.471 e. The molecule has 8 heteroatoms. The van der Waals surface area contributed by atoms with Crippen molar-refractivity contribution in [1.82, 2.24) is 4.98 Å². The van der Waals surface area contributed by atoms with Gasteiger partial charge in [0, 0.05) is 23.3 Å². The van der Waals surface area contributed by atoms with Gasteiger partial charge < -0.3 is 9.32 Å². The number of hydrogen-bond donors (Lipinski definition) is 0. The summed E-state index contributed by atoms with van der Waals surface area (Å²) in [6.45, 7) is 0. The minimum atomic E-state index is -4.94. The minimum absolute atomic E-state index is 0.0702. The molecule has 1 amide bonds. The third kappa shape index (κ3) is 3.07. The number of amides is 1. The predicted octanol–water partition coefficient (Wildman–Crippen LogP) is 4.67. The fourth-order valence-corrected chi connectivity index (χ4v) is 2.27. The zero-order chi connectivity index (χ0) is 17.5. The zero-order valence-electron chi connectivity index (χ0n) is 12.3. The third-order valence-corrected chi connectivity index (χ3v) is 3.65. The molecule has 0 saturated carbocycles. The molecular weight excluding hydrogens is 345 g/mol. The van der Waals surface area contributed by atoms with Crippen LogP contribution in [0.2, 0.25) is 5.02 Å². The summed E-state index contributed by atoms with van der Waals surface area (Å²) < 4.78 is 43.1. The first kappa shape index (κ1) is 16.3. The first-order valence-electron chi connectivity index (χ1n) is 6.77. The van der Waals surface area contributed by atoms with Gasteiger partial charge in [-0.05, 0) is 42.5 Å². The Morgan fingerprint density at radius 2 is 1.83 bits per heavy atom. The monoisotopic (exact) mass is 354 g/mol. The minimum Gasteiger partial charge on any atom is -0.436 e. The molecule has 24 heavy (non-hydrogen) atoms. The van der Waals surface area contributed by atoms with Crippen molar-refractivity contribution in [2.45, 2.75) is 6.18 Å². The van der Waals surface area contributed by atoms with E-state index in [9.17, 15) is 18.0 Å². The summed E-state index contributed by atoms with van der Waals surface area (Å²) in [5.74, 6) is -1.65. The molecule has 3 aromatic rings. The molecule has 0 fully saturated rings. The summed E-state index contributed by atoms with van der Waals surface area (Å²) in [6, 6.07) is 11.0. The van der Waals surface area contributed by atoms with Crippen molar-refractivity contribution in [3.63, 3.8) is 0 Å². The SMILES string of the molecule is CN(C(=O)C(F)(F)F)c1ccc2oc(-c3ccc(Cl)cc3)nc2c1. The molecule has 0 aliphatic rings. The van der Waals surface area contributed by atoms with Crippen LogP contribution in [0.5, 0.6) is 0 Å². The second-order valence-corrected chi connectivity index (χ2v) is 5.48. The molecule has 0 bridgehead atoms. The Labute approximate surface area is 139 Å². The average molecular weight is 355 g/mol. The van der Waals surface area contributed by atoms with Crippen LogP contribution in [0.3, 0.4) is 0 Å². The molecule has 0 N–H and O–H groups in total. The van der Waals surface area contributed by atoms with E-state index < -0.39 is 12.1 Å². The molecule has 2 aromatic carbocycles. The average Bonchev–Trinajstić information content (AvgIpc) is 2.96. The van der Waals surface area contributed by atoms with Crippen LogP contribution in [-0.4, -0.2) is 24.1 Å². The van der Waals surface area contributed by atoms with Gasteiger partial charge in [0.15, 0.2) is 5.58 Å². The molecule has 0 aliphatic carbocycles. The van der Waals surface area contributed by atoms with Crippen LogP contribution < -0.4 is 4.90 Å². The number of carbonyl (C=O) groups is 1. The van der Waals surface area contributed by atoms with Crippen molar-refractivity contribution in [1.29, 1.82) is 0 Å². The van der Waals surface area contributed by atoms with Gasteiger partial charge >= 0.3 is 12.1 Å². The largest absolute Gasteiger partial charge is 0.471 e. The molecule has 1 heterocycles. The summed E-state index contributed by atoms with van der Waals surface area (Å²) in [6.07, 6.45) is -4.94. The molecule has 4 nitrogen and oxygen atoms in total. The highest BCUT2D eigenvalue weighted by Crippen LogP contribution is 2.29. The fourth-order valence-electron chi connectivity index (χ4n) is 2.15. The lowest BCUT2D eigenvalue weighted by atomic mass is 10.2. The van der Waals surface area contributed by atoms with Gasteiger partial charge in [-0.2, -0.15) is 13.2 Å². The van der Waals surface area contributed by atoms with E-state index in [-0.39, 0.29) is 5.69 Å².